The molecule has 0 bridgehead atoms. The van der Waals surface area contributed by atoms with E-state index in [1.165, 1.54) is 5.56 Å². The monoisotopic (exact) mass is 381 g/mol. The number of aryl methyl sites for hydroxylation is 1. The molecule has 0 aliphatic heterocycles. The van der Waals surface area contributed by atoms with Gasteiger partial charge in [0.2, 0.25) is 0 Å². The van der Waals surface area contributed by atoms with Crippen LogP contribution in [0, 0.1) is 0 Å². The maximum atomic E-state index is 13.0. The van der Waals surface area contributed by atoms with E-state index in [4.69, 9.17) is 4.98 Å². The Morgan fingerprint density at radius 1 is 0.966 bits per heavy atom. The molecule has 0 unspecified atom stereocenters. The molecule has 0 saturated carbocycles. The number of hydrogen-bond donors (Lipinski definition) is 1. The number of aromatic nitrogens is 2. The van der Waals surface area contributed by atoms with Gasteiger partial charge in [-0.3, -0.25) is 9.78 Å². The SMILES string of the molecule is CCCc1ccc(-c2cc(C(=O)NCc3cccnc3)c3ccccc3n2)cc1. The Hall–Kier alpha value is -3.53. The lowest BCUT2D eigenvalue weighted by Gasteiger charge is -2.11. The minimum Gasteiger partial charge on any atom is -0.348 e. The molecule has 2 heterocycles. The van der Waals surface area contributed by atoms with Crippen LogP contribution in [-0.2, 0) is 13.0 Å². The number of pyridine rings is 2. The topological polar surface area (TPSA) is 54.9 Å². The Balaban J connectivity index is 1.68. The maximum absolute atomic E-state index is 13.0. The smallest absolute Gasteiger partial charge is 0.252 e. The molecule has 4 rings (SSSR count). The van der Waals surface area contributed by atoms with Gasteiger partial charge in [-0.05, 0) is 35.7 Å². The zero-order valence-corrected chi connectivity index (χ0v) is 16.4. The fourth-order valence-corrected chi connectivity index (χ4v) is 3.42. The van der Waals surface area contributed by atoms with Crippen molar-refractivity contribution in [1.29, 1.82) is 0 Å². The van der Waals surface area contributed by atoms with Crippen LogP contribution in [0.5, 0.6) is 0 Å². The molecule has 0 fully saturated rings. The highest BCUT2D eigenvalue weighted by Gasteiger charge is 2.14. The summed E-state index contributed by atoms with van der Waals surface area (Å²) >= 11 is 0. The van der Waals surface area contributed by atoms with Crippen molar-refractivity contribution >= 4 is 16.8 Å². The normalized spacial score (nSPS) is 10.8. The average molecular weight is 381 g/mol. The number of para-hydroxylation sites is 1. The van der Waals surface area contributed by atoms with Gasteiger partial charge in [0.25, 0.3) is 5.91 Å². The van der Waals surface area contributed by atoms with E-state index in [9.17, 15) is 4.79 Å². The largest absolute Gasteiger partial charge is 0.348 e. The molecule has 0 radical (unpaired) electrons. The third kappa shape index (κ3) is 4.32. The molecule has 0 atom stereocenters. The second-order valence-corrected chi connectivity index (χ2v) is 7.06. The first-order valence-electron chi connectivity index (χ1n) is 9.91. The van der Waals surface area contributed by atoms with E-state index in [0.29, 0.717) is 12.1 Å². The lowest BCUT2D eigenvalue weighted by Crippen LogP contribution is -2.23. The molecule has 144 valence electrons. The molecule has 0 aliphatic carbocycles. The Morgan fingerprint density at radius 3 is 2.55 bits per heavy atom. The molecule has 29 heavy (non-hydrogen) atoms. The predicted molar refractivity (Wildman–Crippen MR) is 117 cm³/mol. The van der Waals surface area contributed by atoms with Gasteiger partial charge >= 0.3 is 0 Å². The average Bonchev–Trinajstić information content (AvgIpc) is 2.78. The molecule has 0 spiro atoms. The minimum atomic E-state index is -0.115. The van der Waals surface area contributed by atoms with Crippen LogP contribution in [0.25, 0.3) is 22.2 Å². The zero-order valence-electron chi connectivity index (χ0n) is 16.4. The first-order chi connectivity index (χ1) is 14.2. The van der Waals surface area contributed by atoms with E-state index in [1.807, 2.05) is 42.5 Å². The van der Waals surface area contributed by atoms with Crippen molar-refractivity contribution < 1.29 is 4.79 Å². The van der Waals surface area contributed by atoms with Crippen LogP contribution < -0.4 is 5.32 Å². The number of amides is 1. The molecule has 0 aliphatic rings. The van der Waals surface area contributed by atoms with Crippen LogP contribution in [0.3, 0.4) is 0 Å². The van der Waals surface area contributed by atoms with E-state index in [1.54, 1.807) is 12.4 Å². The highest BCUT2D eigenvalue weighted by molar-refractivity contribution is 6.07. The molecule has 1 amide bonds. The van der Waals surface area contributed by atoms with Gasteiger partial charge in [0.15, 0.2) is 0 Å². The second-order valence-electron chi connectivity index (χ2n) is 7.06. The summed E-state index contributed by atoms with van der Waals surface area (Å²) < 4.78 is 0. The summed E-state index contributed by atoms with van der Waals surface area (Å²) in [5.41, 5.74) is 5.54. The summed E-state index contributed by atoms with van der Waals surface area (Å²) in [6, 6.07) is 21.9. The van der Waals surface area contributed by atoms with Crippen LogP contribution >= 0.6 is 0 Å². The molecule has 1 N–H and O–H groups in total. The summed E-state index contributed by atoms with van der Waals surface area (Å²) in [5.74, 6) is -0.115. The third-order valence-corrected chi connectivity index (χ3v) is 4.93. The van der Waals surface area contributed by atoms with Crippen LogP contribution in [-0.4, -0.2) is 15.9 Å². The van der Waals surface area contributed by atoms with Gasteiger partial charge < -0.3 is 5.32 Å². The van der Waals surface area contributed by atoms with Crippen molar-refractivity contribution in [3.05, 3.63) is 95.8 Å². The highest BCUT2D eigenvalue weighted by atomic mass is 16.1. The first kappa shape index (κ1) is 18.8. The zero-order chi connectivity index (χ0) is 20.1. The Kier molecular flexibility index (Phi) is 5.61. The number of rotatable bonds is 6. The van der Waals surface area contributed by atoms with Gasteiger partial charge in [0.1, 0.15) is 0 Å². The number of benzene rings is 2. The molecule has 4 nitrogen and oxygen atoms in total. The van der Waals surface area contributed by atoms with Gasteiger partial charge in [0.05, 0.1) is 16.8 Å². The summed E-state index contributed by atoms with van der Waals surface area (Å²) in [7, 11) is 0. The Bertz CT molecular complexity index is 1120. The van der Waals surface area contributed by atoms with Crippen LogP contribution in [0.1, 0.15) is 34.8 Å². The number of fused-ring (bicyclic) bond motifs is 1. The lowest BCUT2D eigenvalue weighted by atomic mass is 10.0. The van der Waals surface area contributed by atoms with E-state index in [-0.39, 0.29) is 5.91 Å². The molecule has 4 aromatic rings. The van der Waals surface area contributed by atoms with Gasteiger partial charge in [0, 0.05) is 29.9 Å². The Labute approximate surface area is 170 Å². The number of nitrogens with zero attached hydrogens (tertiary/aromatic N) is 2. The summed E-state index contributed by atoms with van der Waals surface area (Å²) in [6.45, 7) is 2.61. The Morgan fingerprint density at radius 2 is 1.79 bits per heavy atom. The fourth-order valence-electron chi connectivity index (χ4n) is 3.42. The number of nitrogens with one attached hydrogen (secondary N) is 1. The van der Waals surface area contributed by atoms with Crippen molar-refractivity contribution in [3.63, 3.8) is 0 Å². The molecule has 2 aromatic carbocycles. The van der Waals surface area contributed by atoms with E-state index in [2.05, 4.69) is 41.5 Å². The van der Waals surface area contributed by atoms with Gasteiger partial charge in [-0.1, -0.05) is 61.9 Å². The van der Waals surface area contributed by atoms with Crippen molar-refractivity contribution in [1.82, 2.24) is 15.3 Å². The van der Waals surface area contributed by atoms with Gasteiger partial charge in [-0.2, -0.15) is 0 Å². The predicted octanol–water partition coefficient (Wildman–Crippen LogP) is 5.18. The molecule has 4 heteroatoms. The molecular formula is C25H23N3O. The fraction of sp³-hybridized carbons (Fsp3) is 0.160. The molecule has 2 aromatic heterocycles. The second kappa shape index (κ2) is 8.65. The molecule has 0 saturated heterocycles. The van der Waals surface area contributed by atoms with E-state index < -0.39 is 0 Å². The summed E-state index contributed by atoms with van der Waals surface area (Å²) in [4.78, 5) is 21.9. The van der Waals surface area contributed by atoms with Crippen molar-refractivity contribution in [2.45, 2.75) is 26.3 Å². The van der Waals surface area contributed by atoms with Gasteiger partial charge in [-0.15, -0.1) is 0 Å². The summed E-state index contributed by atoms with van der Waals surface area (Å²) in [6.07, 6.45) is 5.66. The third-order valence-electron chi connectivity index (χ3n) is 4.93. The highest BCUT2D eigenvalue weighted by Crippen LogP contribution is 2.25. The standard InChI is InChI=1S/C25H23N3O/c1-2-6-18-10-12-20(13-11-18)24-15-22(21-8-3-4-9-23(21)28-24)25(29)27-17-19-7-5-14-26-16-19/h3-5,7-16H,2,6,17H2,1H3,(H,27,29). The molecular weight excluding hydrogens is 358 g/mol. The van der Waals surface area contributed by atoms with Crippen LogP contribution in [0.2, 0.25) is 0 Å². The van der Waals surface area contributed by atoms with Crippen LogP contribution in [0.4, 0.5) is 0 Å². The van der Waals surface area contributed by atoms with Crippen molar-refractivity contribution in [2.75, 3.05) is 0 Å². The van der Waals surface area contributed by atoms with Crippen molar-refractivity contribution in [2.24, 2.45) is 0 Å². The number of hydrogen-bond acceptors (Lipinski definition) is 3. The van der Waals surface area contributed by atoms with Gasteiger partial charge in [-0.25, -0.2) is 4.98 Å². The first-order valence-corrected chi connectivity index (χ1v) is 9.91. The number of carbonyl (C=O) groups excluding carboxylic acids is 1. The lowest BCUT2D eigenvalue weighted by molar-refractivity contribution is 0.0952. The van der Waals surface area contributed by atoms with E-state index in [0.717, 1.165) is 40.6 Å². The number of carbonyl (C=O) groups is 1. The maximum Gasteiger partial charge on any atom is 0.252 e. The summed E-state index contributed by atoms with van der Waals surface area (Å²) in [5, 5.41) is 3.85. The minimum absolute atomic E-state index is 0.115. The van der Waals surface area contributed by atoms with Crippen LogP contribution in [0.15, 0.2) is 79.1 Å². The van der Waals surface area contributed by atoms with E-state index >= 15 is 0 Å². The quantitative estimate of drug-likeness (QED) is 0.501. The van der Waals surface area contributed by atoms with Crippen molar-refractivity contribution in [3.8, 4) is 11.3 Å².